The van der Waals surface area contributed by atoms with Gasteiger partial charge >= 0.3 is 0 Å². The first kappa shape index (κ1) is 11.8. The number of rotatable bonds is 1. The number of nitrogens with zero attached hydrogens (tertiary/aromatic N) is 3. The number of nitrogens with one attached hydrogen (secondary N) is 1. The third kappa shape index (κ3) is 2.43. The molecule has 0 amide bonds. The molecule has 2 aromatic rings. The quantitative estimate of drug-likeness (QED) is 0.803. The molecule has 3 rings (SSSR count). The van der Waals surface area contributed by atoms with Crippen LogP contribution in [0.15, 0.2) is 18.2 Å². The van der Waals surface area contributed by atoms with Gasteiger partial charge in [-0.1, -0.05) is 0 Å². The minimum atomic E-state index is 0.733. The number of hydrogen-bond acceptors (Lipinski definition) is 5. The van der Waals surface area contributed by atoms with Gasteiger partial charge in [-0.15, -0.1) is 0 Å². The van der Waals surface area contributed by atoms with E-state index in [1.54, 1.807) is 0 Å². The van der Waals surface area contributed by atoms with Gasteiger partial charge in [-0.3, -0.25) is 0 Å². The molecule has 1 saturated heterocycles. The second-order valence-electron chi connectivity index (χ2n) is 4.00. The van der Waals surface area contributed by atoms with Crippen molar-refractivity contribution in [2.24, 2.45) is 0 Å². The summed E-state index contributed by atoms with van der Waals surface area (Å²) >= 11 is 6.60. The maximum absolute atomic E-state index is 5.38. The summed E-state index contributed by atoms with van der Waals surface area (Å²) in [7, 11) is 0. The van der Waals surface area contributed by atoms with Crippen molar-refractivity contribution in [3.63, 3.8) is 0 Å². The second-order valence-corrected chi connectivity index (χ2v) is 4.91. The van der Waals surface area contributed by atoms with Gasteiger partial charge in [-0.2, -0.15) is 8.75 Å². The first-order valence-electron chi connectivity index (χ1n) is 5.69. The maximum Gasteiger partial charge on any atom is 0.173 e. The van der Waals surface area contributed by atoms with Gasteiger partial charge in [0.05, 0.1) is 24.9 Å². The molecule has 0 atom stereocenters. The maximum atomic E-state index is 5.38. The lowest BCUT2D eigenvalue weighted by atomic mass is 10.3. The van der Waals surface area contributed by atoms with Crippen LogP contribution >= 0.6 is 23.9 Å². The fourth-order valence-electron chi connectivity index (χ4n) is 1.83. The Hall–Kier alpha value is -1.31. The highest BCUT2D eigenvalue weighted by molar-refractivity contribution is 7.80. The standard InChI is InChI=1S/C11H12N4OS2/c17-11(15-3-5-16-6-4-15)12-8-1-2-9-10(7-8)14-18-13-9/h1-2,7H,3-6H2,(H,12,17). The molecule has 1 fully saturated rings. The molecule has 2 heterocycles. The van der Waals surface area contributed by atoms with Crippen LogP contribution in [-0.2, 0) is 4.74 Å². The molecule has 0 spiro atoms. The summed E-state index contributed by atoms with van der Waals surface area (Å²) in [5.74, 6) is 0. The lowest BCUT2D eigenvalue weighted by Gasteiger charge is -2.29. The Kier molecular flexibility index (Phi) is 3.35. The van der Waals surface area contributed by atoms with Crippen LogP contribution in [-0.4, -0.2) is 45.1 Å². The van der Waals surface area contributed by atoms with Gasteiger partial charge in [0.1, 0.15) is 11.0 Å². The minimum absolute atomic E-state index is 0.733. The zero-order valence-corrected chi connectivity index (χ0v) is 11.3. The Labute approximate surface area is 114 Å². The van der Waals surface area contributed by atoms with Crippen molar-refractivity contribution in [2.45, 2.75) is 0 Å². The van der Waals surface area contributed by atoms with E-state index < -0.39 is 0 Å². The Bertz CT molecular complexity index is 565. The van der Waals surface area contributed by atoms with Crippen LogP contribution in [0.5, 0.6) is 0 Å². The smallest absolute Gasteiger partial charge is 0.173 e. The third-order valence-corrected chi connectivity index (χ3v) is 3.72. The molecule has 1 aliphatic rings. The molecule has 7 heteroatoms. The monoisotopic (exact) mass is 280 g/mol. The van der Waals surface area contributed by atoms with E-state index in [1.807, 2.05) is 18.2 Å². The van der Waals surface area contributed by atoms with Crippen molar-refractivity contribution in [2.75, 3.05) is 31.6 Å². The number of benzene rings is 1. The van der Waals surface area contributed by atoms with Crippen LogP contribution in [0.1, 0.15) is 0 Å². The average Bonchev–Trinajstić information content (AvgIpc) is 2.87. The van der Waals surface area contributed by atoms with Crippen molar-refractivity contribution < 1.29 is 4.74 Å². The highest BCUT2D eigenvalue weighted by atomic mass is 32.1. The van der Waals surface area contributed by atoms with Crippen LogP contribution in [0.3, 0.4) is 0 Å². The van der Waals surface area contributed by atoms with E-state index in [1.165, 1.54) is 11.7 Å². The van der Waals surface area contributed by atoms with E-state index in [2.05, 4.69) is 19.0 Å². The molecule has 1 aromatic carbocycles. The molecule has 94 valence electrons. The zero-order chi connectivity index (χ0) is 12.4. The summed E-state index contributed by atoms with van der Waals surface area (Å²) in [6.45, 7) is 3.15. The van der Waals surface area contributed by atoms with Crippen LogP contribution in [0.25, 0.3) is 11.0 Å². The van der Waals surface area contributed by atoms with Gasteiger partial charge in [-0.05, 0) is 30.4 Å². The summed E-state index contributed by atoms with van der Waals surface area (Å²) in [5.41, 5.74) is 2.77. The van der Waals surface area contributed by atoms with Crippen molar-refractivity contribution in [3.05, 3.63) is 18.2 Å². The van der Waals surface area contributed by atoms with Crippen molar-refractivity contribution in [1.82, 2.24) is 13.6 Å². The predicted octanol–water partition coefficient (Wildman–Crippen LogP) is 1.72. The molecular weight excluding hydrogens is 268 g/mol. The van der Waals surface area contributed by atoms with E-state index in [9.17, 15) is 0 Å². The molecule has 1 aromatic heterocycles. The van der Waals surface area contributed by atoms with Crippen molar-refractivity contribution in [3.8, 4) is 0 Å². The van der Waals surface area contributed by atoms with Crippen molar-refractivity contribution in [1.29, 1.82) is 0 Å². The molecule has 0 saturated carbocycles. The number of ether oxygens (including phenoxy) is 1. The minimum Gasteiger partial charge on any atom is -0.378 e. The molecule has 0 aliphatic carbocycles. The lowest BCUT2D eigenvalue weighted by Crippen LogP contribution is -2.42. The van der Waals surface area contributed by atoms with Crippen LogP contribution in [0.4, 0.5) is 5.69 Å². The van der Waals surface area contributed by atoms with E-state index in [0.29, 0.717) is 0 Å². The Morgan fingerprint density at radius 1 is 1.28 bits per heavy atom. The van der Waals surface area contributed by atoms with E-state index >= 15 is 0 Å². The van der Waals surface area contributed by atoms with Crippen LogP contribution in [0.2, 0.25) is 0 Å². The summed E-state index contributed by atoms with van der Waals surface area (Å²) < 4.78 is 13.7. The van der Waals surface area contributed by atoms with Gasteiger partial charge in [0, 0.05) is 18.8 Å². The van der Waals surface area contributed by atoms with Crippen LogP contribution in [0, 0.1) is 0 Å². The SMILES string of the molecule is S=C(Nc1ccc2nsnc2c1)N1CCOCC1. The normalized spacial score (nSPS) is 15.9. The molecule has 18 heavy (non-hydrogen) atoms. The van der Waals surface area contributed by atoms with Gasteiger partial charge in [0.25, 0.3) is 0 Å². The molecule has 5 nitrogen and oxygen atoms in total. The zero-order valence-electron chi connectivity index (χ0n) is 9.63. The highest BCUT2D eigenvalue weighted by Crippen LogP contribution is 2.17. The van der Waals surface area contributed by atoms with E-state index in [4.69, 9.17) is 17.0 Å². The number of anilines is 1. The number of hydrogen-bond donors (Lipinski definition) is 1. The van der Waals surface area contributed by atoms with Gasteiger partial charge < -0.3 is 15.0 Å². The molecule has 0 unspecified atom stereocenters. The fraction of sp³-hybridized carbons (Fsp3) is 0.364. The Morgan fingerprint density at radius 3 is 2.89 bits per heavy atom. The molecule has 1 aliphatic heterocycles. The molecule has 1 N–H and O–H groups in total. The fourth-order valence-corrected chi connectivity index (χ4v) is 2.65. The van der Waals surface area contributed by atoms with Gasteiger partial charge in [0.2, 0.25) is 0 Å². The Morgan fingerprint density at radius 2 is 2.06 bits per heavy atom. The van der Waals surface area contributed by atoms with Gasteiger partial charge in [0.15, 0.2) is 5.11 Å². The molecule has 0 bridgehead atoms. The molecular formula is C11H12N4OS2. The number of aromatic nitrogens is 2. The largest absolute Gasteiger partial charge is 0.378 e. The first-order chi connectivity index (χ1) is 8.83. The lowest BCUT2D eigenvalue weighted by molar-refractivity contribution is 0.0690. The summed E-state index contributed by atoms with van der Waals surface area (Å²) in [6.07, 6.45) is 0. The average molecular weight is 280 g/mol. The Balaban J connectivity index is 1.72. The molecule has 0 radical (unpaired) electrons. The summed E-state index contributed by atoms with van der Waals surface area (Å²) in [5, 5.41) is 3.97. The van der Waals surface area contributed by atoms with E-state index in [-0.39, 0.29) is 0 Å². The van der Waals surface area contributed by atoms with Gasteiger partial charge in [-0.25, -0.2) is 0 Å². The van der Waals surface area contributed by atoms with E-state index in [0.717, 1.165) is 48.1 Å². The number of morpholine rings is 1. The highest BCUT2D eigenvalue weighted by Gasteiger charge is 2.13. The predicted molar refractivity (Wildman–Crippen MR) is 76.0 cm³/mol. The van der Waals surface area contributed by atoms with Crippen molar-refractivity contribution >= 4 is 45.8 Å². The third-order valence-electron chi connectivity index (χ3n) is 2.80. The second kappa shape index (κ2) is 5.13. The number of fused-ring (bicyclic) bond motifs is 1. The van der Waals surface area contributed by atoms with Crippen LogP contribution < -0.4 is 5.32 Å². The number of thiocarbonyl (C=S) groups is 1. The topological polar surface area (TPSA) is 50.3 Å². The summed E-state index contributed by atoms with van der Waals surface area (Å²) in [4.78, 5) is 2.11. The first-order valence-corrected chi connectivity index (χ1v) is 6.83. The summed E-state index contributed by atoms with van der Waals surface area (Å²) in [6, 6.07) is 5.88.